The average Bonchev–Trinajstić information content (AvgIpc) is 3.53. The number of nitrogens with one attached hydrogen (secondary N) is 2. The van der Waals surface area contributed by atoms with Crippen LogP contribution in [0, 0.1) is 47.3 Å². The van der Waals surface area contributed by atoms with Gasteiger partial charge in [0.2, 0.25) is 0 Å². The fourth-order valence-corrected chi connectivity index (χ4v) is 10.9. The number of carbonyl (C=O) groups is 5. The van der Waals surface area contributed by atoms with E-state index in [-0.39, 0.29) is 74.9 Å². The predicted octanol–water partition coefficient (Wildman–Crippen LogP) is -6.25. The van der Waals surface area contributed by atoms with Crippen molar-refractivity contribution in [1.29, 1.82) is 0 Å². The number of rotatable bonds is 14. The molecule has 0 aromatic carbocycles. The summed E-state index contributed by atoms with van der Waals surface area (Å²) < 4.78 is 18.1. The molecule has 0 radical (unpaired) electrons. The summed E-state index contributed by atoms with van der Waals surface area (Å²) >= 11 is 0. The molecule has 58 heavy (non-hydrogen) atoms. The van der Waals surface area contributed by atoms with Crippen molar-refractivity contribution in [3.05, 3.63) is 12.2 Å². The third-order valence-corrected chi connectivity index (χ3v) is 14.0. The molecule has 0 aromatic rings. The van der Waals surface area contributed by atoms with Gasteiger partial charge in [-0.25, -0.2) is 0 Å². The lowest BCUT2D eigenvalue weighted by Gasteiger charge is -2.53. The van der Waals surface area contributed by atoms with Crippen LogP contribution in [0.1, 0.15) is 51.4 Å². The maximum absolute atomic E-state index is 14.7. The van der Waals surface area contributed by atoms with Crippen LogP contribution in [0.3, 0.4) is 0 Å². The number of carbonyl (C=O) groups excluding carboxylic acids is 5. The van der Waals surface area contributed by atoms with Crippen molar-refractivity contribution in [3.63, 3.8) is 0 Å². The number of hydrogen-bond acceptors (Lipinski definition) is 14. The number of aliphatic hydroxyl groups is 5. The summed E-state index contributed by atoms with van der Waals surface area (Å²) in [6.07, 6.45) is -5.16. The van der Waals surface area contributed by atoms with Crippen molar-refractivity contribution >= 4 is 35.6 Å². The first-order valence-electron chi connectivity index (χ1n) is 20.6. The fourth-order valence-electron chi connectivity index (χ4n) is 10.9. The molecule has 19 heteroatoms. The van der Waals surface area contributed by atoms with Gasteiger partial charge in [-0.3, -0.25) is 45.9 Å². The van der Waals surface area contributed by atoms with Crippen molar-refractivity contribution in [1.82, 2.24) is 10.2 Å². The summed E-state index contributed by atoms with van der Waals surface area (Å²) in [7, 11) is 3.09. The molecule has 0 bridgehead atoms. The first-order chi connectivity index (χ1) is 27.7. The molecule has 324 valence electrons. The van der Waals surface area contributed by atoms with Gasteiger partial charge in [-0.15, -0.1) is 0 Å². The quantitative estimate of drug-likeness (QED) is 0.0337. The fraction of sp³-hybridized carbons (Fsp3) is 0.795. The number of imide groups is 1. The molecular formula is C39H62N6O13+2. The normalized spacial score (nSPS) is 42.6. The first kappa shape index (κ1) is 44.3. The van der Waals surface area contributed by atoms with Crippen LogP contribution in [0.5, 0.6) is 0 Å². The van der Waals surface area contributed by atoms with Gasteiger partial charge in [0.05, 0.1) is 56.9 Å². The lowest BCUT2D eigenvalue weighted by molar-refractivity contribution is -0.699. The molecule has 3 heterocycles. The van der Waals surface area contributed by atoms with Crippen molar-refractivity contribution in [3.8, 4) is 0 Å². The maximum Gasteiger partial charge on any atom is 0.340 e. The van der Waals surface area contributed by atoms with Gasteiger partial charge in [-0.2, -0.15) is 0 Å². The lowest BCUT2D eigenvalue weighted by Crippen LogP contribution is -2.94. The van der Waals surface area contributed by atoms with Crippen LogP contribution in [0.15, 0.2) is 12.2 Å². The number of methoxy groups -OCH3 is 1. The average molecular weight is 823 g/mol. The molecule has 2 amide bonds. The molecule has 5 fully saturated rings. The Labute approximate surface area is 336 Å². The number of ketones is 2. The highest BCUT2D eigenvalue weighted by Crippen LogP contribution is 2.51. The Bertz CT molecular complexity index is 1580. The third-order valence-electron chi connectivity index (χ3n) is 14.0. The van der Waals surface area contributed by atoms with E-state index in [2.05, 4.69) is 10.3 Å². The number of amides is 2. The number of aliphatic hydroxyl groups excluding tert-OH is 4. The largest absolute Gasteiger partial charge is 0.394 e. The summed E-state index contributed by atoms with van der Waals surface area (Å²) in [5.74, 6) is -6.83. The molecule has 6 aliphatic rings. The molecular weight excluding hydrogens is 760 g/mol. The van der Waals surface area contributed by atoms with Crippen molar-refractivity contribution in [2.75, 3.05) is 40.4 Å². The van der Waals surface area contributed by atoms with E-state index in [1.807, 2.05) is 5.32 Å². The number of piperidine rings is 1. The van der Waals surface area contributed by atoms with Crippen LogP contribution in [0.4, 0.5) is 0 Å². The summed E-state index contributed by atoms with van der Waals surface area (Å²) in [5.41, 5.74) is 9.90. The highest BCUT2D eigenvalue weighted by Gasteiger charge is 2.62. The molecule has 2 saturated heterocycles. The summed E-state index contributed by atoms with van der Waals surface area (Å²) in [5, 5.41) is 63.0. The Morgan fingerprint density at radius 1 is 1.09 bits per heavy atom. The van der Waals surface area contributed by atoms with Gasteiger partial charge in [0.15, 0.2) is 6.29 Å². The van der Waals surface area contributed by atoms with Crippen LogP contribution >= 0.6 is 0 Å². The number of ether oxygens (including phenoxy) is 3. The minimum absolute atomic E-state index is 0.0917. The molecule has 17 atom stereocenters. The minimum atomic E-state index is -2.29. The summed E-state index contributed by atoms with van der Waals surface area (Å²) in [6.45, 7) is -0.0961. The SMILES string of the molecule is C[NH+]=C(N)NCC1C(CCC=O)CC2C(=O)C3CC(OC)CC(OC4OC(CO)C(O)(CC(CN5C(=O)C=CC5=O)C5CC[NH2+]C(N)C5)C(O)C4O)C3C(=O)C2C1O. The molecule has 0 aromatic heterocycles. The van der Waals surface area contributed by atoms with Gasteiger partial charge in [0, 0.05) is 62.8 Å². The number of guanidine groups is 1. The summed E-state index contributed by atoms with van der Waals surface area (Å²) in [4.78, 5) is 69.4. The Kier molecular flexibility index (Phi) is 14.2. The Morgan fingerprint density at radius 2 is 1.79 bits per heavy atom. The second-order valence-electron chi connectivity index (χ2n) is 17.2. The molecule has 13 N–H and O–H groups in total. The maximum atomic E-state index is 14.7. The van der Waals surface area contributed by atoms with Gasteiger partial charge in [0.25, 0.3) is 11.8 Å². The van der Waals surface area contributed by atoms with Crippen LogP contribution < -0.4 is 27.1 Å². The number of Topliss-reactive ketones (excluding diaryl/α,β-unsaturated/α-hetero) is 2. The number of nitrogens with two attached hydrogens (primary N) is 3. The molecule has 0 spiro atoms. The van der Waals surface area contributed by atoms with E-state index >= 15 is 0 Å². The Hall–Kier alpha value is -3.24. The van der Waals surface area contributed by atoms with Crippen LogP contribution in [0.25, 0.3) is 0 Å². The molecule has 3 aliphatic carbocycles. The van der Waals surface area contributed by atoms with Crippen molar-refractivity contribution < 1.29 is 74.0 Å². The van der Waals surface area contributed by atoms with Crippen molar-refractivity contribution in [2.45, 2.75) is 106 Å². The highest BCUT2D eigenvalue weighted by molar-refractivity contribution is 6.12. The van der Waals surface area contributed by atoms with E-state index in [4.69, 9.17) is 25.7 Å². The van der Waals surface area contributed by atoms with E-state index in [0.29, 0.717) is 25.8 Å². The summed E-state index contributed by atoms with van der Waals surface area (Å²) in [6, 6.07) is 0. The monoisotopic (exact) mass is 822 g/mol. The predicted molar refractivity (Wildman–Crippen MR) is 200 cm³/mol. The molecule has 6 rings (SSSR count). The topological polar surface area (TPSA) is 312 Å². The smallest absolute Gasteiger partial charge is 0.340 e. The third kappa shape index (κ3) is 8.66. The standard InChI is InChI=1S/C39H60N6O13/c1-42-38(41)44-15-24-19(4-3-9-46)10-22-31(33(24)51)34(52)30-23(32(22)50)12-21(56-2)13-25(30)57-37-35(53)36(54)39(55,26(17-47)58-37)14-20(18-7-8-43-27(40)11-18)16-45-28(48)5-6-29(45)49/h5-6,9,18-27,30-31,33,35-37,43,47,51,53-55H,3-4,7-8,10-17,40H2,1-2H3,(H3,41,42,44)/p+2. The van der Waals surface area contributed by atoms with Gasteiger partial charge in [-0.05, 0) is 49.9 Å². The highest BCUT2D eigenvalue weighted by atomic mass is 16.7. The van der Waals surface area contributed by atoms with E-state index < -0.39 is 108 Å². The first-order valence-corrected chi connectivity index (χ1v) is 20.6. The lowest BCUT2D eigenvalue weighted by atomic mass is 9.53. The van der Waals surface area contributed by atoms with Gasteiger partial charge < -0.3 is 49.9 Å². The zero-order valence-electron chi connectivity index (χ0n) is 33.1. The van der Waals surface area contributed by atoms with Crippen molar-refractivity contribution in [2.24, 2.45) is 58.8 Å². The molecule has 19 nitrogen and oxygen atoms in total. The second kappa shape index (κ2) is 18.6. The van der Waals surface area contributed by atoms with E-state index in [1.165, 1.54) is 7.11 Å². The van der Waals surface area contributed by atoms with Gasteiger partial charge in [-0.1, -0.05) is 0 Å². The molecule has 17 unspecified atom stereocenters. The number of aldehydes is 1. The Morgan fingerprint density at radius 3 is 2.43 bits per heavy atom. The zero-order valence-corrected chi connectivity index (χ0v) is 33.1. The number of hydrogen-bond donors (Lipinski definition) is 10. The number of quaternary nitrogens is 1. The number of fused-ring (bicyclic) bond motifs is 2. The van der Waals surface area contributed by atoms with Gasteiger partial charge >= 0.3 is 5.96 Å². The van der Waals surface area contributed by atoms with Crippen LogP contribution in [-0.2, 0) is 38.2 Å². The second-order valence-corrected chi connectivity index (χ2v) is 17.2. The zero-order chi connectivity index (χ0) is 42.1. The minimum Gasteiger partial charge on any atom is -0.394 e. The molecule has 3 aliphatic heterocycles. The Balaban J connectivity index is 1.24. The van der Waals surface area contributed by atoms with Crippen LogP contribution in [0.2, 0.25) is 0 Å². The van der Waals surface area contributed by atoms with E-state index in [1.54, 1.807) is 7.05 Å². The molecule has 3 saturated carbocycles. The van der Waals surface area contributed by atoms with Crippen LogP contribution in [-0.4, -0.2) is 161 Å². The van der Waals surface area contributed by atoms with Gasteiger partial charge in [0.1, 0.15) is 47.9 Å². The van der Waals surface area contributed by atoms with E-state index in [9.17, 15) is 49.5 Å². The number of nitrogens with zero attached hydrogens (tertiary/aromatic N) is 1. The van der Waals surface area contributed by atoms with E-state index in [0.717, 1.165) is 23.3 Å².